The first-order valence-corrected chi connectivity index (χ1v) is 6.45. The molecule has 104 valence electrons. The van der Waals surface area contributed by atoms with Crippen molar-refractivity contribution in [2.24, 2.45) is 5.14 Å². The lowest BCUT2D eigenvalue weighted by atomic mass is 10.3. The highest BCUT2D eigenvalue weighted by molar-refractivity contribution is 7.89. The number of likely N-dealkylation sites (N-methyl/N-ethyl adjacent to an activating group) is 1. The maximum atomic E-state index is 11.3. The lowest BCUT2D eigenvalue weighted by Crippen LogP contribution is -2.25. The summed E-state index contributed by atoms with van der Waals surface area (Å²) in [5.41, 5.74) is -0.448. The van der Waals surface area contributed by atoms with Gasteiger partial charge in [0.05, 0.1) is 4.92 Å². The smallest absolute Gasteiger partial charge is 0.271 e. The molecule has 1 aromatic rings. The zero-order valence-corrected chi connectivity index (χ0v) is 10.6. The number of nitro benzene ring substituents is 1. The normalized spacial score (nSPS) is 10.8. The van der Waals surface area contributed by atoms with Gasteiger partial charge in [0.25, 0.3) is 11.6 Å². The molecule has 10 heteroatoms. The molecular formula is C9H11N3O6S. The summed E-state index contributed by atoms with van der Waals surface area (Å²) in [7, 11) is -2.83. The highest BCUT2D eigenvalue weighted by Crippen LogP contribution is 2.27. The molecule has 0 bridgehead atoms. The Balaban J connectivity index is 3.17. The third-order valence-corrected chi connectivity index (χ3v) is 3.01. The van der Waals surface area contributed by atoms with Crippen molar-refractivity contribution in [1.29, 1.82) is 0 Å². The van der Waals surface area contributed by atoms with Gasteiger partial charge in [-0.15, -0.1) is 0 Å². The maximum absolute atomic E-state index is 11.3. The Kier molecular flexibility index (Phi) is 4.40. The first kappa shape index (κ1) is 14.9. The second-order valence-corrected chi connectivity index (χ2v) is 4.92. The van der Waals surface area contributed by atoms with Crippen molar-refractivity contribution in [3.63, 3.8) is 0 Å². The van der Waals surface area contributed by atoms with Crippen LogP contribution in [0, 0.1) is 10.1 Å². The van der Waals surface area contributed by atoms with Crippen LogP contribution in [0.3, 0.4) is 0 Å². The zero-order valence-electron chi connectivity index (χ0n) is 9.82. The average Bonchev–Trinajstić information content (AvgIpc) is 2.34. The van der Waals surface area contributed by atoms with Gasteiger partial charge in [-0.05, 0) is 6.07 Å². The van der Waals surface area contributed by atoms with E-state index in [-0.39, 0.29) is 5.75 Å². The number of hydrogen-bond acceptors (Lipinski definition) is 6. The van der Waals surface area contributed by atoms with Crippen LogP contribution >= 0.6 is 0 Å². The Bertz CT molecular complexity index is 612. The van der Waals surface area contributed by atoms with E-state index < -0.39 is 38.0 Å². The van der Waals surface area contributed by atoms with E-state index in [4.69, 9.17) is 9.88 Å². The van der Waals surface area contributed by atoms with Crippen LogP contribution in [0.15, 0.2) is 23.1 Å². The van der Waals surface area contributed by atoms with Crippen LogP contribution in [0.4, 0.5) is 5.69 Å². The second kappa shape index (κ2) is 5.63. The Morgan fingerprint density at radius 2 is 2.16 bits per heavy atom. The zero-order chi connectivity index (χ0) is 14.6. The molecule has 0 aliphatic carbocycles. The van der Waals surface area contributed by atoms with Gasteiger partial charge in [0.2, 0.25) is 10.0 Å². The summed E-state index contributed by atoms with van der Waals surface area (Å²) in [6.07, 6.45) is 0. The van der Waals surface area contributed by atoms with Crippen molar-refractivity contribution >= 4 is 21.6 Å². The van der Waals surface area contributed by atoms with Gasteiger partial charge in [-0.2, -0.15) is 0 Å². The van der Waals surface area contributed by atoms with Crippen LogP contribution in [-0.2, 0) is 14.8 Å². The largest absolute Gasteiger partial charge is 0.482 e. The Morgan fingerprint density at radius 1 is 1.53 bits per heavy atom. The number of carbonyl (C=O) groups excluding carboxylic acids is 1. The minimum absolute atomic E-state index is 0.225. The number of carbonyl (C=O) groups is 1. The highest BCUT2D eigenvalue weighted by Gasteiger charge is 2.20. The highest BCUT2D eigenvalue weighted by atomic mass is 32.2. The summed E-state index contributed by atoms with van der Waals surface area (Å²) < 4.78 is 27.6. The third-order valence-electron chi connectivity index (χ3n) is 2.08. The van der Waals surface area contributed by atoms with E-state index in [1.54, 1.807) is 0 Å². The van der Waals surface area contributed by atoms with Crippen LogP contribution in [0.25, 0.3) is 0 Å². The summed E-state index contributed by atoms with van der Waals surface area (Å²) >= 11 is 0. The van der Waals surface area contributed by atoms with Gasteiger partial charge in [0.15, 0.2) is 6.61 Å². The summed E-state index contributed by atoms with van der Waals surface area (Å²) in [5, 5.41) is 17.8. The molecule has 1 rings (SSSR count). The lowest BCUT2D eigenvalue weighted by molar-refractivity contribution is -0.385. The average molecular weight is 289 g/mol. The number of nitrogens with zero attached hydrogens (tertiary/aromatic N) is 1. The monoisotopic (exact) mass is 289 g/mol. The third kappa shape index (κ3) is 3.89. The molecule has 0 radical (unpaired) electrons. The van der Waals surface area contributed by atoms with Crippen LogP contribution in [0.5, 0.6) is 5.75 Å². The van der Waals surface area contributed by atoms with Crippen LogP contribution in [-0.4, -0.2) is 32.9 Å². The first-order chi connectivity index (χ1) is 8.75. The topological polar surface area (TPSA) is 142 Å². The molecule has 1 aromatic carbocycles. The van der Waals surface area contributed by atoms with Gasteiger partial charge < -0.3 is 10.1 Å². The number of benzene rings is 1. The minimum atomic E-state index is -4.21. The Hall–Kier alpha value is -2.20. The van der Waals surface area contributed by atoms with E-state index in [9.17, 15) is 23.3 Å². The van der Waals surface area contributed by atoms with E-state index >= 15 is 0 Å². The molecule has 3 N–H and O–H groups in total. The molecule has 0 saturated heterocycles. The Morgan fingerprint density at radius 3 is 2.63 bits per heavy atom. The number of nitrogens with one attached hydrogen (secondary N) is 1. The maximum Gasteiger partial charge on any atom is 0.271 e. The van der Waals surface area contributed by atoms with Gasteiger partial charge in [-0.25, -0.2) is 13.6 Å². The van der Waals surface area contributed by atoms with E-state index in [0.29, 0.717) is 0 Å². The number of non-ortho nitro benzene ring substituents is 1. The summed E-state index contributed by atoms with van der Waals surface area (Å²) in [6, 6.07) is 2.89. The van der Waals surface area contributed by atoms with E-state index in [2.05, 4.69) is 5.32 Å². The standard InChI is InChI=1S/C9H11N3O6S/c1-11-9(13)5-18-7-3-2-6(12(14)15)4-8(7)19(10,16)17/h2-4H,5H2,1H3,(H,11,13)(H2,10,16,17). The summed E-state index contributed by atoms with van der Waals surface area (Å²) in [4.78, 5) is 20.2. The minimum Gasteiger partial charge on any atom is -0.482 e. The fourth-order valence-electron chi connectivity index (χ4n) is 1.17. The number of hydrogen-bond donors (Lipinski definition) is 2. The molecule has 0 spiro atoms. The van der Waals surface area contributed by atoms with Crippen molar-refractivity contribution in [2.45, 2.75) is 4.90 Å². The first-order valence-electron chi connectivity index (χ1n) is 4.90. The van der Waals surface area contributed by atoms with E-state index in [0.717, 1.165) is 18.2 Å². The molecule has 19 heavy (non-hydrogen) atoms. The van der Waals surface area contributed by atoms with Crippen molar-refractivity contribution in [3.8, 4) is 5.75 Å². The summed E-state index contributed by atoms with van der Waals surface area (Å²) in [6.45, 7) is -0.434. The molecule has 1 amide bonds. The second-order valence-electron chi connectivity index (χ2n) is 3.40. The quantitative estimate of drug-likeness (QED) is 0.545. The number of sulfonamides is 1. The SMILES string of the molecule is CNC(=O)COc1ccc([N+](=O)[O-])cc1S(N)(=O)=O. The van der Waals surface area contributed by atoms with E-state index in [1.807, 2.05) is 0 Å². The molecule has 0 atom stereocenters. The predicted molar refractivity (Wildman–Crippen MR) is 64.0 cm³/mol. The van der Waals surface area contributed by atoms with Crippen LogP contribution in [0.1, 0.15) is 0 Å². The van der Waals surface area contributed by atoms with Gasteiger partial charge >= 0.3 is 0 Å². The number of ether oxygens (including phenoxy) is 1. The molecule has 0 fully saturated rings. The molecular weight excluding hydrogens is 278 g/mol. The van der Waals surface area contributed by atoms with E-state index in [1.165, 1.54) is 7.05 Å². The fourth-order valence-corrected chi connectivity index (χ4v) is 1.86. The number of amides is 1. The summed E-state index contributed by atoms with van der Waals surface area (Å²) in [5.74, 6) is -0.713. The molecule has 0 unspecified atom stereocenters. The van der Waals surface area contributed by atoms with Gasteiger partial charge in [-0.3, -0.25) is 14.9 Å². The Labute approximate surface area is 108 Å². The molecule has 0 aliphatic heterocycles. The van der Waals surface area contributed by atoms with Gasteiger partial charge in [0, 0.05) is 19.2 Å². The van der Waals surface area contributed by atoms with Crippen molar-refractivity contribution in [2.75, 3.05) is 13.7 Å². The fraction of sp³-hybridized carbons (Fsp3) is 0.222. The van der Waals surface area contributed by atoms with Crippen molar-refractivity contribution in [1.82, 2.24) is 5.32 Å². The van der Waals surface area contributed by atoms with Gasteiger partial charge in [0.1, 0.15) is 10.6 Å². The van der Waals surface area contributed by atoms with Crippen molar-refractivity contribution in [3.05, 3.63) is 28.3 Å². The number of nitrogens with two attached hydrogens (primary N) is 1. The predicted octanol–water partition coefficient (Wildman–Crippen LogP) is -0.633. The van der Waals surface area contributed by atoms with Crippen LogP contribution < -0.4 is 15.2 Å². The van der Waals surface area contributed by atoms with Crippen LogP contribution in [0.2, 0.25) is 0 Å². The molecule has 0 aromatic heterocycles. The molecule has 0 heterocycles. The number of rotatable bonds is 5. The molecule has 0 saturated carbocycles. The van der Waals surface area contributed by atoms with Crippen molar-refractivity contribution < 1.29 is 22.9 Å². The molecule has 0 aliphatic rings. The molecule has 9 nitrogen and oxygen atoms in total. The lowest BCUT2D eigenvalue weighted by Gasteiger charge is -2.09. The number of nitro groups is 1. The number of primary sulfonamides is 1. The van der Waals surface area contributed by atoms with Gasteiger partial charge in [-0.1, -0.05) is 0 Å².